The summed E-state index contributed by atoms with van der Waals surface area (Å²) >= 11 is 6.21. The standard InChI is InChI=1S/C20H20ClNO5/c21-17-9-13(10-18-19(17)26-8-7-25-18)20(23)22-14-3-1-4-15(11-14)27-12-16-5-2-6-24-16/h1,3-4,9-11,16H,2,5-8,12H2,(H,22,23). The van der Waals surface area contributed by atoms with Gasteiger partial charge in [-0.1, -0.05) is 17.7 Å². The summed E-state index contributed by atoms with van der Waals surface area (Å²) in [6.07, 6.45) is 2.23. The van der Waals surface area contributed by atoms with Crippen LogP contribution in [0.5, 0.6) is 17.2 Å². The summed E-state index contributed by atoms with van der Waals surface area (Å²) in [6.45, 7) is 2.17. The van der Waals surface area contributed by atoms with Gasteiger partial charge in [0, 0.05) is 23.9 Å². The molecule has 1 atom stereocenters. The van der Waals surface area contributed by atoms with Gasteiger partial charge in [0.05, 0.1) is 11.1 Å². The third-order valence-corrected chi connectivity index (χ3v) is 4.69. The molecule has 2 heterocycles. The molecule has 2 aromatic carbocycles. The van der Waals surface area contributed by atoms with Crippen molar-refractivity contribution >= 4 is 23.2 Å². The summed E-state index contributed by atoms with van der Waals surface area (Å²) in [5.41, 5.74) is 1.03. The van der Waals surface area contributed by atoms with Gasteiger partial charge in [0.1, 0.15) is 25.6 Å². The lowest BCUT2D eigenvalue weighted by Crippen LogP contribution is -2.18. The summed E-state index contributed by atoms with van der Waals surface area (Å²) in [4.78, 5) is 12.6. The lowest BCUT2D eigenvalue weighted by Gasteiger charge is -2.20. The van der Waals surface area contributed by atoms with Crippen LogP contribution < -0.4 is 19.5 Å². The molecule has 2 aromatic rings. The van der Waals surface area contributed by atoms with E-state index >= 15 is 0 Å². The predicted octanol–water partition coefficient (Wildman–Crippen LogP) is 3.92. The SMILES string of the molecule is O=C(Nc1cccc(OCC2CCCO2)c1)c1cc(Cl)c2c(c1)OCCO2. The van der Waals surface area contributed by atoms with Gasteiger partial charge in [-0.05, 0) is 37.1 Å². The molecule has 27 heavy (non-hydrogen) atoms. The second-order valence-electron chi connectivity index (χ2n) is 6.41. The minimum absolute atomic E-state index is 0.142. The monoisotopic (exact) mass is 389 g/mol. The highest BCUT2D eigenvalue weighted by atomic mass is 35.5. The van der Waals surface area contributed by atoms with Crippen LogP contribution in [-0.4, -0.2) is 38.4 Å². The Labute approximate surface area is 162 Å². The number of hydrogen-bond donors (Lipinski definition) is 1. The normalized spacial score (nSPS) is 18.2. The van der Waals surface area contributed by atoms with Gasteiger partial charge < -0.3 is 24.3 Å². The number of carbonyl (C=O) groups is 1. The zero-order chi connectivity index (χ0) is 18.6. The zero-order valence-electron chi connectivity index (χ0n) is 14.7. The van der Waals surface area contributed by atoms with Crippen molar-refractivity contribution in [3.63, 3.8) is 0 Å². The summed E-state index contributed by atoms with van der Waals surface area (Å²) in [5.74, 6) is 1.35. The largest absolute Gasteiger partial charge is 0.491 e. The van der Waals surface area contributed by atoms with Crippen LogP contribution in [-0.2, 0) is 4.74 Å². The van der Waals surface area contributed by atoms with Crippen molar-refractivity contribution in [2.75, 3.05) is 31.7 Å². The van der Waals surface area contributed by atoms with Crippen LogP contribution in [0.3, 0.4) is 0 Å². The van der Waals surface area contributed by atoms with Crippen LogP contribution in [0.2, 0.25) is 5.02 Å². The second kappa shape index (κ2) is 8.06. The van der Waals surface area contributed by atoms with Crippen LogP contribution >= 0.6 is 11.6 Å². The predicted molar refractivity (Wildman–Crippen MR) is 101 cm³/mol. The molecule has 0 aromatic heterocycles. The number of halogens is 1. The van der Waals surface area contributed by atoms with Crippen molar-refractivity contribution in [3.8, 4) is 17.2 Å². The van der Waals surface area contributed by atoms with E-state index in [2.05, 4.69) is 5.32 Å². The van der Waals surface area contributed by atoms with E-state index < -0.39 is 0 Å². The van der Waals surface area contributed by atoms with E-state index in [4.69, 9.17) is 30.5 Å². The maximum absolute atomic E-state index is 12.6. The van der Waals surface area contributed by atoms with E-state index in [1.165, 1.54) is 0 Å². The first-order valence-corrected chi connectivity index (χ1v) is 9.32. The smallest absolute Gasteiger partial charge is 0.255 e. The molecule has 0 radical (unpaired) electrons. The highest BCUT2D eigenvalue weighted by molar-refractivity contribution is 6.32. The first kappa shape index (κ1) is 17.9. The average Bonchev–Trinajstić information content (AvgIpc) is 3.20. The molecule has 1 fully saturated rings. The number of fused-ring (bicyclic) bond motifs is 1. The van der Waals surface area contributed by atoms with E-state index in [1.807, 2.05) is 12.1 Å². The Kier molecular flexibility index (Phi) is 5.36. The van der Waals surface area contributed by atoms with Gasteiger partial charge >= 0.3 is 0 Å². The van der Waals surface area contributed by atoms with Crippen molar-refractivity contribution in [2.24, 2.45) is 0 Å². The van der Waals surface area contributed by atoms with Crippen molar-refractivity contribution in [1.29, 1.82) is 0 Å². The fraction of sp³-hybridized carbons (Fsp3) is 0.350. The highest BCUT2D eigenvalue weighted by Gasteiger charge is 2.20. The molecular weight excluding hydrogens is 370 g/mol. The topological polar surface area (TPSA) is 66.0 Å². The highest BCUT2D eigenvalue weighted by Crippen LogP contribution is 2.38. The molecule has 6 nitrogen and oxygen atoms in total. The van der Waals surface area contributed by atoms with Crippen molar-refractivity contribution in [3.05, 3.63) is 47.0 Å². The van der Waals surface area contributed by atoms with Crippen LogP contribution in [0.15, 0.2) is 36.4 Å². The number of benzene rings is 2. The Bertz CT molecular complexity index is 835. The number of nitrogens with one attached hydrogen (secondary N) is 1. The second-order valence-corrected chi connectivity index (χ2v) is 6.82. The van der Waals surface area contributed by atoms with Crippen LogP contribution in [0.25, 0.3) is 0 Å². The molecule has 0 saturated carbocycles. The van der Waals surface area contributed by atoms with E-state index in [9.17, 15) is 4.79 Å². The molecule has 4 rings (SSSR count). The van der Waals surface area contributed by atoms with Gasteiger partial charge in [0.15, 0.2) is 11.5 Å². The minimum atomic E-state index is -0.287. The van der Waals surface area contributed by atoms with Crippen LogP contribution in [0, 0.1) is 0 Å². The molecule has 2 aliphatic rings. The Morgan fingerprint density at radius 2 is 2.07 bits per heavy atom. The Balaban J connectivity index is 1.43. The molecule has 0 spiro atoms. The molecule has 0 bridgehead atoms. The summed E-state index contributed by atoms with van der Waals surface area (Å²) in [7, 11) is 0. The summed E-state index contributed by atoms with van der Waals surface area (Å²) in [6, 6.07) is 10.5. The third kappa shape index (κ3) is 4.28. The van der Waals surface area contributed by atoms with Gasteiger partial charge in [-0.3, -0.25) is 4.79 Å². The molecule has 1 amide bonds. The Morgan fingerprint density at radius 3 is 2.93 bits per heavy atom. The van der Waals surface area contributed by atoms with Crippen LogP contribution in [0.4, 0.5) is 5.69 Å². The maximum Gasteiger partial charge on any atom is 0.255 e. The molecule has 7 heteroatoms. The van der Waals surface area contributed by atoms with Gasteiger partial charge in [0.25, 0.3) is 5.91 Å². The Hall–Kier alpha value is -2.44. The van der Waals surface area contributed by atoms with Crippen molar-refractivity contribution in [1.82, 2.24) is 0 Å². The molecular formula is C20H20ClNO5. The van der Waals surface area contributed by atoms with E-state index in [0.717, 1.165) is 19.4 Å². The maximum atomic E-state index is 12.6. The van der Waals surface area contributed by atoms with Crippen molar-refractivity contribution < 1.29 is 23.7 Å². The number of anilines is 1. The number of rotatable bonds is 5. The summed E-state index contributed by atoms with van der Waals surface area (Å²) in [5, 5.41) is 3.21. The van der Waals surface area contributed by atoms with Gasteiger partial charge in [-0.2, -0.15) is 0 Å². The molecule has 0 aliphatic carbocycles. The number of amides is 1. The molecule has 142 valence electrons. The lowest BCUT2D eigenvalue weighted by molar-refractivity contribution is 0.0680. The number of hydrogen-bond acceptors (Lipinski definition) is 5. The fourth-order valence-electron chi connectivity index (χ4n) is 3.07. The Morgan fingerprint density at radius 1 is 1.19 bits per heavy atom. The van der Waals surface area contributed by atoms with Gasteiger partial charge in [0.2, 0.25) is 0 Å². The van der Waals surface area contributed by atoms with E-state index in [1.54, 1.807) is 24.3 Å². The molecule has 2 aliphatic heterocycles. The quantitative estimate of drug-likeness (QED) is 0.839. The molecule has 1 saturated heterocycles. The third-order valence-electron chi connectivity index (χ3n) is 4.41. The van der Waals surface area contributed by atoms with Gasteiger partial charge in [-0.15, -0.1) is 0 Å². The molecule has 1 N–H and O–H groups in total. The first-order valence-electron chi connectivity index (χ1n) is 8.94. The fourth-order valence-corrected chi connectivity index (χ4v) is 3.34. The van der Waals surface area contributed by atoms with Crippen molar-refractivity contribution in [2.45, 2.75) is 18.9 Å². The zero-order valence-corrected chi connectivity index (χ0v) is 15.5. The minimum Gasteiger partial charge on any atom is -0.491 e. The van der Waals surface area contributed by atoms with E-state index in [-0.39, 0.29) is 12.0 Å². The first-order chi connectivity index (χ1) is 13.2. The number of carbonyl (C=O) groups excluding carboxylic acids is 1. The molecule has 1 unspecified atom stereocenters. The summed E-state index contributed by atoms with van der Waals surface area (Å²) < 4.78 is 22.3. The van der Waals surface area contributed by atoms with Gasteiger partial charge in [-0.25, -0.2) is 0 Å². The van der Waals surface area contributed by atoms with E-state index in [0.29, 0.717) is 53.3 Å². The lowest BCUT2D eigenvalue weighted by atomic mass is 10.1. The van der Waals surface area contributed by atoms with Crippen LogP contribution in [0.1, 0.15) is 23.2 Å². The number of ether oxygens (including phenoxy) is 4. The average molecular weight is 390 g/mol.